The van der Waals surface area contributed by atoms with Gasteiger partial charge in [0, 0.05) is 21.8 Å². The number of ether oxygens (including phenoxy) is 2. The summed E-state index contributed by atoms with van der Waals surface area (Å²) in [6.45, 7) is 0.612. The normalized spacial score (nSPS) is 11.2. The predicted molar refractivity (Wildman–Crippen MR) is 113 cm³/mol. The number of carbonyl (C=O) groups is 1. The number of hydrogen-bond acceptors (Lipinski definition) is 3. The summed E-state index contributed by atoms with van der Waals surface area (Å²) < 4.78 is 12.2. The maximum absolute atomic E-state index is 11.5. The van der Waals surface area contributed by atoms with E-state index in [0.717, 1.165) is 20.1 Å². The zero-order chi connectivity index (χ0) is 18.6. The molecule has 0 radical (unpaired) electrons. The van der Waals surface area contributed by atoms with Crippen LogP contribution in [-0.4, -0.2) is 19.4 Å². The van der Waals surface area contributed by atoms with Gasteiger partial charge in [0.25, 0.3) is 0 Å². The van der Waals surface area contributed by atoms with E-state index in [2.05, 4.69) is 31.9 Å². The smallest absolute Gasteiger partial charge is 0.434 e. The summed E-state index contributed by atoms with van der Waals surface area (Å²) in [6.07, 6.45) is 8.60. The van der Waals surface area contributed by atoms with E-state index >= 15 is 0 Å². The van der Waals surface area contributed by atoms with Crippen molar-refractivity contribution < 1.29 is 14.3 Å². The lowest BCUT2D eigenvalue weighted by Crippen LogP contribution is -2.08. The van der Waals surface area contributed by atoms with Crippen LogP contribution in [0.5, 0.6) is 0 Å². The van der Waals surface area contributed by atoms with E-state index in [4.69, 9.17) is 9.47 Å². The van der Waals surface area contributed by atoms with Crippen LogP contribution in [0.4, 0.5) is 4.79 Å². The van der Waals surface area contributed by atoms with Crippen LogP contribution in [0.25, 0.3) is 12.2 Å². The maximum Gasteiger partial charge on any atom is 0.508 e. The highest BCUT2D eigenvalue weighted by molar-refractivity contribution is 9.10. The number of rotatable bonds is 8. The van der Waals surface area contributed by atoms with E-state index in [-0.39, 0.29) is 0 Å². The van der Waals surface area contributed by atoms with E-state index < -0.39 is 6.16 Å². The molecular weight excluding hydrogens is 460 g/mol. The van der Waals surface area contributed by atoms with Crippen molar-refractivity contribution in [2.75, 3.05) is 13.2 Å². The van der Waals surface area contributed by atoms with E-state index in [1.807, 2.05) is 72.8 Å². The summed E-state index contributed by atoms with van der Waals surface area (Å²) in [5.41, 5.74) is 2.21. The number of halogens is 2. The third kappa shape index (κ3) is 8.50. The first kappa shape index (κ1) is 20.5. The first-order chi connectivity index (χ1) is 12.6. The van der Waals surface area contributed by atoms with Gasteiger partial charge in [-0.3, -0.25) is 0 Å². The Bertz CT molecular complexity index is 671. The van der Waals surface area contributed by atoms with Crippen LogP contribution in [0.15, 0.2) is 69.6 Å². The molecule has 0 aliphatic heterocycles. The zero-order valence-electron chi connectivity index (χ0n) is 14.2. The molecule has 0 bridgehead atoms. The molecule has 0 unspecified atom stereocenters. The summed E-state index contributed by atoms with van der Waals surface area (Å²) in [7, 11) is 0. The van der Waals surface area contributed by atoms with Crippen molar-refractivity contribution in [1.82, 2.24) is 0 Å². The molecule has 0 saturated heterocycles. The van der Waals surface area contributed by atoms with Crippen molar-refractivity contribution in [3.63, 3.8) is 0 Å². The summed E-state index contributed by atoms with van der Waals surface area (Å²) in [6, 6.07) is 16.0. The molecule has 26 heavy (non-hydrogen) atoms. The lowest BCUT2D eigenvalue weighted by molar-refractivity contribution is 0.0578. The van der Waals surface area contributed by atoms with Gasteiger partial charge in [-0.1, -0.05) is 80.4 Å². The van der Waals surface area contributed by atoms with Gasteiger partial charge in [0.2, 0.25) is 0 Å². The highest BCUT2D eigenvalue weighted by Gasteiger charge is 2.01. The molecule has 0 amide bonds. The van der Waals surface area contributed by atoms with Gasteiger partial charge in [-0.05, 0) is 35.4 Å². The summed E-state index contributed by atoms with van der Waals surface area (Å²) in [5.74, 6) is 0. The molecule has 0 aliphatic rings. The second-order valence-corrected chi connectivity index (χ2v) is 7.26. The monoisotopic (exact) mass is 478 g/mol. The standard InChI is InChI=1S/C21H20Br2O3/c22-19-11-7-17(8-12-19)5-1-3-15-25-21(24)26-16-4-2-6-18-9-13-20(23)14-10-18/h1-2,5-14H,3-4,15-16H2. The Hall–Kier alpha value is -1.85. The minimum atomic E-state index is -0.626. The molecule has 2 aromatic rings. The molecule has 0 N–H and O–H groups in total. The van der Waals surface area contributed by atoms with Gasteiger partial charge < -0.3 is 9.47 Å². The molecule has 0 atom stereocenters. The Morgan fingerprint density at radius 2 is 1.12 bits per heavy atom. The zero-order valence-corrected chi connectivity index (χ0v) is 17.4. The second-order valence-electron chi connectivity index (χ2n) is 5.43. The van der Waals surface area contributed by atoms with Crippen molar-refractivity contribution in [2.45, 2.75) is 12.8 Å². The van der Waals surface area contributed by atoms with Crippen LogP contribution >= 0.6 is 31.9 Å². The van der Waals surface area contributed by atoms with Crippen LogP contribution in [0, 0.1) is 0 Å². The number of benzene rings is 2. The Morgan fingerprint density at radius 1 is 0.731 bits per heavy atom. The third-order valence-electron chi connectivity index (χ3n) is 3.37. The fourth-order valence-corrected chi connectivity index (χ4v) is 2.58. The molecule has 2 rings (SSSR count). The first-order valence-electron chi connectivity index (χ1n) is 8.27. The molecule has 0 spiro atoms. The molecule has 0 aliphatic carbocycles. The van der Waals surface area contributed by atoms with Crippen LogP contribution in [0.3, 0.4) is 0 Å². The molecule has 0 heterocycles. The summed E-state index contributed by atoms with van der Waals surface area (Å²) >= 11 is 6.80. The molecular formula is C21H20Br2O3. The molecule has 5 heteroatoms. The SMILES string of the molecule is O=C(OCCC=Cc1ccc(Br)cc1)OCCC=Cc1ccc(Br)cc1. The lowest BCUT2D eigenvalue weighted by atomic mass is 10.2. The highest BCUT2D eigenvalue weighted by Crippen LogP contribution is 2.12. The highest BCUT2D eigenvalue weighted by atomic mass is 79.9. The molecule has 0 saturated carbocycles. The van der Waals surface area contributed by atoms with Crippen LogP contribution in [-0.2, 0) is 9.47 Å². The fraction of sp³-hybridized carbons (Fsp3) is 0.190. The van der Waals surface area contributed by atoms with E-state index in [9.17, 15) is 4.79 Å². The summed E-state index contributed by atoms with van der Waals surface area (Å²) in [4.78, 5) is 11.5. The average Bonchev–Trinajstić information content (AvgIpc) is 2.64. The second kappa shape index (κ2) is 11.7. The third-order valence-corrected chi connectivity index (χ3v) is 4.43. The number of hydrogen-bond donors (Lipinski definition) is 0. The molecule has 136 valence electrons. The Kier molecular flexibility index (Phi) is 9.21. The Balaban J connectivity index is 1.54. The van der Waals surface area contributed by atoms with Crippen molar-refractivity contribution in [3.8, 4) is 0 Å². The maximum atomic E-state index is 11.5. The molecule has 3 nitrogen and oxygen atoms in total. The largest absolute Gasteiger partial charge is 0.508 e. The molecule has 0 aromatic heterocycles. The van der Waals surface area contributed by atoms with Crippen molar-refractivity contribution in [3.05, 3.63) is 80.8 Å². The Morgan fingerprint density at radius 3 is 1.50 bits per heavy atom. The van der Waals surface area contributed by atoms with Gasteiger partial charge in [-0.25, -0.2) is 4.79 Å². The lowest BCUT2D eigenvalue weighted by Gasteiger charge is -2.03. The minimum Gasteiger partial charge on any atom is -0.434 e. The molecule has 0 fully saturated rings. The minimum absolute atomic E-state index is 0.306. The number of carbonyl (C=O) groups excluding carboxylic acids is 1. The van der Waals surface area contributed by atoms with Gasteiger partial charge in [0.15, 0.2) is 0 Å². The van der Waals surface area contributed by atoms with Gasteiger partial charge >= 0.3 is 6.16 Å². The van der Waals surface area contributed by atoms with Gasteiger partial charge in [0.1, 0.15) is 0 Å². The first-order valence-corrected chi connectivity index (χ1v) is 9.86. The molecule has 2 aromatic carbocycles. The van der Waals surface area contributed by atoms with Crippen molar-refractivity contribution >= 4 is 50.2 Å². The Labute approximate surface area is 171 Å². The van der Waals surface area contributed by atoms with Crippen molar-refractivity contribution in [2.24, 2.45) is 0 Å². The van der Waals surface area contributed by atoms with Gasteiger partial charge in [0.05, 0.1) is 13.2 Å². The quantitative estimate of drug-likeness (QED) is 0.306. The van der Waals surface area contributed by atoms with E-state index in [0.29, 0.717) is 26.1 Å². The van der Waals surface area contributed by atoms with Crippen molar-refractivity contribution in [1.29, 1.82) is 0 Å². The van der Waals surface area contributed by atoms with E-state index in [1.54, 1.807) is 0 Å². The van der Waals surface area contributed by atoms with Crippen LogP contribution in [0.1, 0.15) is 24.0 Å². The summed E-state index contributed by atoms with van der Waals surface area (Å²) in [5, 5.41) is 0. The van der Waals surface area contributed by atoms with E-state index in [1.165, 1.54) is 0 Å². The average molecular weight is 480 g/mol. The fourth-order valence-electron chi connectivity index (χ4n) is 2.05. The van der Waals surface area contributed by atoms with Crippen LogP contribution in [0.2, 0.25) is 0 Å². The topological polar surface area (TPSA) is 35.5 Å². The van der Waals surface area contributed by atoms with Crippen LogP contribution < -0.4 is 0 Å². The predicted octanol–water partition coefficient (Wildman–Crippen LogP) is 6.87. The van der Waals surface area contributed by atoms with Gasteiger partial charge in [-0.2, -0.15) is 0 Å². The van der Waals surface area contributed by atoms with Gasteiger partial charge in [-0.15, -0.1) is 0 Å².